The number of aryl methyl sites for hydroxylation is 2. The van der Waals surface area contributed by atoms with Crippen LogP contribution in [0.1, 0.15) is 119 Å². The normalized spacial score (nSPS) is 17.8. The summed E-state index contributed by atoms with van der Waals surface area (Å²) in [6, 6.07) is 8.43. The largest absolute Gasteiger partial charge is 0.344 e. The van der Waals surface area contributed by atoms with E-state index in [4.69, 9.17) is 14.7 Å². The molecule has 2 N–H and O–H groups in total. The molecule has 4 heterocycles. The summed E-state index contributed by atoms with van der Waals surface area (Å²) >= 11 is 0. The smallest absolute Gasteiger partial charge is 0.333 e. The van der Waals surface area contributed by atoms with Crippen molar-refractivity contribution >= 4 is 51.0 Å². The van der Waals surface area contributed by atoms with Crippen molar-refractivity contribution < 1.29 is 46.4 Å². The van der Waals surface area contributed by atoms with Gasteiger partial charge in [0.25, 0.3) is 27.8 Å². The average molecular weight is 819 g/mol. The molecule has 3 aliphatic rings. The molecular formula is C43H56N5O9S+. The third-order valence-electron chi connectivity index (χ3n) is 10.7. The maximum atomic E-state index is 13.3. The summed E-state index contributed by atoms with van der Waals surface area (Å²) in [5.74, 6) is -2.09. The fourth-order valence-electron chi connectivity index (χ4n) is 7.38. The molecule has 0 atom stereocenters. The summed E-state index contributed by atoms with van der Waals surface area (Å²) in [6.45, 7) is 14.2. The van der Waals surface area contributed by atoms with Gasteiger partial charge in [0.1, 0.15) is 6.20 Å². The van der Waals surface area contributed by atoms with Crippen LogP contribution in [0.2, 0.25) is 0 Å². The Labute approximate surface area is 341 Å². The second kappa shape index (κ2) is 18.7. The predicted molar refractivity (Wildman–Crippen MR) is 220 cm³/mol. The zero-order chi connectivity index (χ0) is 42.3. The highest BCUT2D eigenvalue weighted by Crippen LogP contribution is 2.48. The fourth-order valence-corrected chi connectivity index (χ4v) is 7.87. The Hall–Kier alpha value is -4.99. The number of carbonyl (C=O) groups is 4. The van der Waals surface area contributed by atoms with E-state index in [9.17, 15) is 32.1 Å². The van der Waals surface area contributed by atoms with Crippen molar-refractivity contribution in [2.75, 3.05) is 23.8 Å². The summed E-state index contributed by atoms with van der Waals surface area (Å²) in [6.07, 6.45) is 15.6. The molecule has 1 saturated heterocycles. The van der Waals surface area contributed by atoms with E-state index >= 15 is 0 Å². The first-order valence-corrected chi connectivity index (χ1v) is 21.6. The van der Waals surface area contributed by atoms with Gasteiger partial charge in [-0.25, -0.2) is 14.8 Å². The highest BCUT2D eigenvalue weighted by molar-refractivity contribution is 7.85. The van der Waals surface area contributed by atoms with Crippen LogP contribution in [0.4, 0.5) is 11.5 Å². The highest BCUT2D eigenvalue weighted by atomic mass is 32.2. The number of hydrogen-bond donors (Lipinski definition) is 2. The average Bonchev–Trinajstić information content (AvgIpc) is 3.69. The van der Waals surface area contributed by atoms with Crippen LogP contribution in [-0.4, -0.2) is 66.3 Å². The van der Waals surface area contributed by atoms with Crippen molar-refractivity contribution in [3.8, 4) is 0 Å². The Balaban J connectivity index is 1.23. The molecule has 1 aromatic carbocycles. The number of imide groups is 1. The minimum absolute atomic E-state index is 0.0185. The van der Waals surface area contributed by atoms with Gasteiger partial charge in [-0.3, -0.25) is 23.8 Å². The third-order valence-corrected chi connectivity index (χ3v) is 11.5. The number of hydrogen-bond acceptors (Lipinski definition) is 10. The minimum Gasteiger partial charge on any atom is -0.344 e. The van der Waals surface area contributed by atoms with Crippen LogP contribution in [-0.2, 0) is 51.6 Å². The van der Waals surface area contributed by atoms with Gasteiger partial charge in [-0.1, -0.05) is 69.5 Å². The standard InChI is InChI=1S/C43H55N5O9S/c1-7-8-24-47-34-20-19-30(2)27-32(34)43(5,6)36(47)17-12-9-11-16-35-42(3,4)33-28-31(29-46(40(33)44-35)23-15-26-58(53,54)55)41(52)45-56-25-14-10-13-18-39(51)57-48-37(49)21-22-38(48)50/h9,11-12,16-17,19-20,27-29H,7-8,10,13-15,18,21-26H2,1-6H3,(H-,45,52,53,54,55)/p+1. The van der Waals surface area contributed by atoms with E-state index in [1.165, 1.54) is 22.5 Å². The molecule has 5 rings (SSSR count). The predicted octanol–water partition coefficient (Wildman–Crippen LogP) is 6.35. The maximum absolute atomic E-state index is 13.3. The molecule has 3 aliphatic heterocycles. The number of carbonyl (C=O) groups excluding carboxylic acids is 4. The fraction of sp³-hybridized carbons (Fsp3) is 0.488. The number of unbranched alkanes of at least 4 members (excludes halogenated alkanes) is 3. The van der Waals surface area contributed by atoms with Gasteiger partial charge in [-0.15, -0.1) is 5.06 Å². The van der Waals surface area contributed by atoms with Crippen LogP contribution in [0, 0.1) is 6.92 Å². The monoisotopic (exact) mass is 818 g/mol. The second-order valence-electron chi connectivity index (χ2n) is 16.0. The van der Waals surface area contributed by atoms with E-state index in [0.29, 0.717) is 30.1 Å². The lowest BCUT2D eigenvalue weighted by molar-refractivity contribution is -0.684. The first kappa shape index (κ1) is 44.1. The summed E-state index contributed by atoms with van der Waals surface area (Å²) in [4.78, 5) is 66.3. The van der Waals surface area contributed by atoms with E-state index in [-0.39, 0.29) is 49.8 Å². The van der Waals surface area contributed by atoms with E-state index in [1.54, 1.807) is 16.8 Å². The van der Waals surface area contributed by atoms with Gasteiger partial charge < -0.3 is 9.74 Å². The van der Waals surface area contributed by atoms with E-state index in [1.807, 2.05) is 32.1 Å². The van der Waals surface area contributed by atoms with Crippen LogP contribution in [0.15, 0.2) is 71.5 Å². The van der Waals surface area contributed by atoms with Gasteiger partial charge in [-0.2, -0.15) is 8.42 Å². The molecule has 312 valence electrons. The Kier molecular flexibility index (Phi) is 14.2. The Morgan fingerprint density at radius 2 is 1.71 bits per heavy atom. The van der Waals surface area contributed by atoms with Crippen LogP contribution < -0.4 is 14.9 Å². The van der Waals surface area contributed by atoms with Crippen LogP contribution >= 0.6 is 0 Å². The summed E-state index contributed by atoms with van der Waals surface area (Å²) in [7, 11) is -4.19. The molecule has 1 fully saturated rings. The number of anilines is 1. The lowest BCUT2D eigenvalue weighted by Crippen LogP contribution is -2.38. The zero-order valence-corrected chi connectivity index (χ0v) is 35.2. The number of aliphatic imine (C=N–C) groups is 1. The number of hydroxylamine groups is 3. The number of nitrogens with one attached hydrogen (secondary N) is 1. The molecular weight excluding hydrogens is 763 g/mol. The van der Waals surface area contributed by atoms with Gasteiger partial charge >= 0.3 is 11.8 Å². The van der Waals surface area contributed by atoms with Crippen LogP contribution in [0.3, 0.4) is 0 Å². The molecule has 0 saturated carbocycles. The van der Waals surface area contributed by atoms with Crippen LogP contribution in [0.25, 0.3) is 0 Å². The quantitative estimate of drug-likeness (QED) is 0.0406. The number of aromatic nitrogens is 1. The maximum Gasteiger partial charge on any atom is 0.333 e. The summed E-state index contributed by atoms with van der Waals surface area (Å²) < 4.78 is 34.1. The van der Waals surface area contributed by atoms with E-state index < -0.39 is 45.0 Å². The lowest BCUT2D eigenvalue weighted by Gasteiger charge is -2.27. The van der Waals surface area contributed by atoms with E-state index in [2.05, 4.69) is 68.4 Å². The highest BCUT2D eigenvalue weighted by Gasteiger charge is 2.43. The van der Waals surface area contributed by atoms with Crippen molar-refractivity contribution in [1.29, 1.82) is 0 Å². The molecule has 3 amide bonds. The first-order valence-electron chi connectivity index (χ1n) is 20.0. The van der Waals surface area contributed by atoms with Gasteiger partial charge in [0.2, 0.25) is 0 Å². The molecule has 0 bridgehead atoms. The van der Waals surface area contributed by atoms with Crippen molar-refractivity contribution in [3.05, 3.63) is 88.8 Å². The van der Waals surface area contributed by atoms with Crippen molar-refractivity contribution in [1.82, 2.24) is 10.5 Å². The van der Waals surface area contributed by atoms with E-state index in [0.717, 1.165) is 30.7 Å². The van der Waals surface area contributed by atoms with Crippen molar-refractivity contribution in [2.45, 2.75) is 117 Å². The zero-order valence-electron chi connectivity index (χ0n) is 34.4. The molecule has 2 aromatic rings. The first-order chi connectivity index (χ1) is 27.4. The number of nitrogens with zero attached hydrogens (tertiary/aromatic N) is 4. The molecule has 0 unspecified atom stereocenters. The Morgan fingerprint density at radius 1 is 0.966 bits per heavy atom. The number of fused-ring (bicyclic) bond motifs is 2. The summed E-state index contributed by atoms with van der Waals surface area (Å²) in [5.41, 5.74) is 8.58. The number of allylic oxidation sites excluding steroid dienone is 6. The molecule has 15 heteroatoms. The van der Waals surface area contributed by atoms with Crippen LogP contribution in [0.5, 0.6) is 0 Å². The van der Waals surface area contributed by atoms with Gasteiger partial charge in [0, 0.05) is 49.0 Å². The summed E-state index contributed by atoms with van der Waals surface area (Å²) in [5, 5.41) is 0.527. The van der Waals surface area contributed by atoms with Crippen molar-refractivity contribution in [2.24, 2.45) is 4.99 Å². The molecule has 1 aromatic heterocycles. The number of pyridine rings is 1. The SMILES string of the molecule is CCCCN1/C(=C/C=C/C=C/C2=Nc3c(cc(C(=O)NOCCCCCC(=O)ON4C(=O)CCC4=O)c[n+]3CCCS(=O)(=O)O)C2(C)C)C(C)(C)c2cc(C)ccc21. The molecule has 0 radical (unpaired) electrons. The van der Waals surface area contributed by atoms with Gasteiger partial charge in [0.05, 0.1) is 35.4 Å². The number of benzene rings is 1. The molecule has 14 nitrogen and oxygen atoms in total. The van der Waals surface area contributed by atoms with Gasteiger partial charge in [0.15, 0.2) is 5.71 Å². The third kappa shape index (κ3) is 10.5. The lowest BCUT2D eigenvalue weighted by atomic mass is 9.81. The topological polar surface area (TPSA) is 176 Å². The van der Waals surface area contributed by atoms with Gasteiger partial charge in [-0.05, 0) is 74.9 Å². The minimum atomic E-state index is -4.19. The molecule has 0 spiro atoms. The Bertz CT molecular complexity index is 2140. The Morgan fingerprint density at radius 3 is 2.41 bits per heavy atom. The molecule has 0 aliphatic carbocycles. The number of rotatable bonds is 19. The molecule has 58 heavy (non-hydrogen) atoms. The number of amides is 3. The second-order valence-corrected chi connectivity index (χ2v) is 17.6. The van der Waals surface area contributed by atoms with Crippen molar-refractivity contribution in [3.63, 3.8) is 0 Å².